The summed E-state index contributed by atoms with van der Waals surface area (Å²) in [5, 5.41) is 6.34. The minimum absolute atomic E-state index is 0.0564. The highest BCUT2D eigenvalue weighted by Gasteiger charge is 2.14. The van der Waals surface area contributed by atoms with E-state index in [2.05, 4.69) is 39.8 Å². The van der Waals surface area contributed by atoms with Crippen LogP contribution in [0.1, 0.15) is 32.3 Å². The third kappa shape index (κ3) is 4.74. The van der Waals surface area contributed by atoms with Crippen LogP contribution in [-0.2, 0) is 11.3 Å². The van der Waals surface area contributed by atoms with E-state index in [9.17, 15) is 4.79 Å². The molecular formula is C17H27N3O. The highest BCUT2D eigenvalue weighted by Crippen LogP contribution is 2.24. The van der Waals surface area contributed by atoms with Crippen LogP contribution >= 0.6 is 0 Å². The fourth-order valence-electron chi connectivity index (χ4n) is 2.63. The second-order valence-electron chi connectivity index (χ2n) is 5.95. The van der Waals surface area contributed by atoms with Crippen molar-refractivity contribution in [1.29, 1.82) is 0 Å². The van der Waals surface area contributed by atoms with Crippen LogP contribution in [0.2, 0.25) is 0 Å². The molecule has 0 atom stereocenters. The molecule has 1 aliphatic rings. The first-order valence-electron chi connectivity index (χ1n) is 8.00. The molecule has 21 heavy (non-hydrogen) atoms. The second kappa shape index (κ2) is 8.03. The number of benzene rings is 1. The van der Waals surface area contributed by atoms with Gasteiger partial charge < -0.3 is 15.5 Å². The van der Waals surface area contributed by atoms with Crippen molar-refractivity contribution in [2.75, 3.05) is 31.1 Å². The molecule has 1 saturated heterocycles. The van der Waals surface area contributed by atoms with Gasteiger partial charge in [0.15, 0.2) is 0 Å². The summed E-state index contributed by atoms with van der Waals surface area (Å²) in [6.45, 7) is 8.49. The van der Waals surface area contributed by atoms with Gasteiger partial charge in [-0.2, -0.15) is 0 Å². The molecule has 0 aromatic heterocycles. The molecule has 1 aliphatic heterocycles. The third-order valence-corrected chi connectivity index (χ3v) is 3.88. The van der Waals surface area contributed by atoms with Crippen molar-refractivity contribution >= 4 is 11.6 Å². The van der Waals surface area contributed by atoms with Gasteiger partial charge in [-0.05, 0) is 24.5 Å². The normalized spacial score (nSPS) is 14.7. The zero-order chi connectivity index (χ0) is 15.1. The summed E-state index contributed by atoms with van der Waals surface area (Å²) in [5.41, 5.74) is 2.70. The number of rotatable bonds is 7. The molecule has 1 amide bonds. The molecule has 1 aromatic carbocycles. The van der Waals surface area contributed by atoms with Gasteiger partial charge in [0.2, 0.25) is 5.91 Å². The Kier molecular flexibility index (Phi) is 6.05. The molecule has 4 nitrogen and oxygen atoms in total. The Labute approximate surface area is 127 Å². The van der Waals surface area contributed by atoms with Crippen molar-refractivity contribution in [3.63, 3.8) is 0 Å². The maximum Gasteiger partial charge on any atom is 0.222 e. The lowest BCUT2D eigenvalue weighted by Crippen LogP contribution is -2.34. The summed E-state index contributed by atoms with van der Waals surface area (Å²) in [5.74, 6) is 0.176. The highest BCUT2D eigenvalue weighted by atomic mass is 16.1. The van der Waals surface area contributed by atoms with Crippen molar-refractivity contribution in [3.05, 3.63) is 29.8 Å². The summed E-state index contributed by atoms with van der Waals surface area (Å²) in [6, 6.07) is 8.60. The number of nitrogens with one attached hydrogen (secondary N) is 2. The van der Waals surface area contributed by atoms with Crippen LogP contribution in [0.3, 0.4) is 0 Å². The zero-order valence-electron chi connectivity index (χ0n) is 13.2. The predicted molar refractivity (Wildman–Crippen MR) is 87.4 cm³/mol. The summed E-state index contributed by atoms with van der Waals surface area (Å²) < 4.78 is 0. The molecule has 2 rings (SSSR count). The van der Waals surface area contributed by atoms with Crippen LogP contribution in [-0.4, -0.2) is 32.1 Å². The van der Waals surface area contributed by atoms with E-state index in [1.165, 1.54) is 37.2 Å². The van der Waals surface area contributed by atoms with E-state index in [4.69, 9.17) is 0 Å². The smallest absolute Gasteiger partial charge is 0.222 e. The van der Waals surface area contributed by atoms with E-state index in [1.54, 1.807) is 0 Å². The maximum atomic E-state index is 11.5. The van der Waals surface area contributed by atoms with Gasteiger partial charge in [0.1, 0.15) is 0 Å². The van der Waals surface area contributed by atoms with Gasteiger partial charge in [-0.3, -0.25) is 4.79 Å². The molecule has 1 aromatic rings. The lowest BCUT2D eigenvalue weighted by atomic mass is 10.1. The van der Waals surface area contributed by atoms with Crippen molar-refractivity contribution in [2.24, 2.45) is 5.92 Å². The zero-order valence-corrected chi connectivity index (χ0v) is 13.2. The first-order chi connectivity index (χ1) is 10.2. The van der Waals surface area contributed by atoms with E-state index in [0.717, 1.165) is 13.1 Å². The maximum absolute atomic E-state index is 11.5. The largest absolute Gasteiger partial charge is 0.371 e. The third-order valence-electron chi connectivity index (χ3n) is 3.88. The molecule has 0 spiro atoms. The summed E-state index contributed by atoms with van der Waals surface area (Å²) in [6.07, 6.45) is 2.59. The molecule has 116 valence electrons. The van der Waals surface area contributed by atoms with Crippen LogP contribution in [0, 0.1) is 5.92 Å². The molecule has 0 aliphatic carbocycles. The summed E-state index contributed by atoms with van der Waals surface area (Å²) in [7, 11) is 0. The van der Waals surface area contributed by atoms with Crippen molar-refractivity contribution in [3.8, 4) is 0 Å². The van der Waals surface area contributed by atoms with E-state index in [0.29, 0.717) is 6.54 Å². The number of amides is 1. The SMILES string of the molecule is CC(C)C(=O)NCCNCc1ccccc1N1CCCC1. The summed E-state index contributed by atoms with van der Waals surface area (Å²) >= 11 is 0. The van der Waals surface area contributed by atoms with Crippen LogP contribution in [0.25, 0.3) is 0 Å². The number of carbonyl (C=O) groups excluding carboxylic acids is 1. The van der Waals surface area contributed by atoms with Gasteiger partial charge in [0, 0.05) is 44.3 Å². The average molecular weight is 289 g/mol. The monoisotopic (exact) mass is 289 g/mol. The Balaban J connectivity index is 1.77. The van der Waals surface area contributed by atoms with Gasteiger partial charge in [0.05, 0.1) is 0 Å². The number of hydrogen-bond acceptors (Lipinski definition) is 3. The van der Waals surface area contributed by atoms with Crippen molar-refractivity contribution in [1.82, 2.24) is 10.6 Å². The summed E-state index contributed by atoms with van der Waals surface area (Å²) in [4.78, 5) is 13.9. The minimum atomic E-state index is 0.0564. The van der Waals surface area contributed by atoms with E-state index < -0.39 is 0 Å². The lowest BCUT2D eigenvalue weighted by molar-refractivity contribution is -0.123. The fraction of sp³-hybridized carbons (Fsp3) is 0.588. The van der Waals surface area contributed by atoms with Gasteiger partial charge in [-0.15, -0.1) is 0 Å². The Hall–Kier alpha value is -1.55. The first-order valence-corrected chi connectivity index (χ1v) is 8.00. The number of anilines is 1. The number of carbonyl (C=O) groups is 1. The van der Waals surface area contributed by atoms with Gasteiger partial charge >= 0.3 is 0 Å². The van der Waals surface area contributed by atoms with Crippen LogP contribution in [0.15, 0.2) is 24.3 Å². The van der Waals surface area contributed by atoms with Crippen molar-refractivity contribution < 1.29 is 4.79 Å². The van der Waals surface area contributed by atoms with Gasteiger partial charge in [0.25, 0.3) is 0 Å². The average Bonchev–Trinajstić information content (AvgIpc) is 3.01. The molecule has 0 radical (unpaired) electrons. The minimum Gasteiger partial charge on any atom is -0.371 e. The van der Waals surface area contributed by atoms with Gasteiger partial charge in [-0.1, -0.05) is 32.0 Å². The van der Waals surface area contributed by atoms with Crippen LogP contribution in [0.5, 0.6) is 0 Å². The second-order valence-corrected chi connectivity index (χ2v) is 5.95. The Morgan fingerprint density at radius 2 is 1.90 bits per heavy atom. The Morgan fingerprint density at radius 3 is 2.62 bits per heavy atom. The molecule has 0 bridgehead atoms. The first kappa shape index (κ1) is 15.8. The lowest BCUT2D eigenvalue weighted by Gasteiger charge is -2.21. The number of nitrogens with zero attached hydrogens (tertiary/aromatic N) is 1. The Morgan fingerprint density at radius 1 is 1.19 bits per heavy atom. The van der Waals surface area contributed by atoms with E-state index in [-0.39, 0.29) is 11.8 Å². The Bertz CT molecular complexity index is 453. The molecule has 1 heterocycles. The van der Waals surface area contributed by atoms with E-state index in [1.807, 2.05) is 13.8 Å². The standard InChI is InChI=1S/C17H27N3O/c1-14(2)17(21)19-10-9-18-13-15-7-3-4-8-16(15)20-11-5-6-12-20/h3-4,7-8,14,18H,5-6,9-13H2,1-2H3,(H,19,21). The fourth-order valence-corrected chi connectivity index (χ4v) is 2.63. The van der Waals surface area contributed by atoms with Crippen LogP contribution in [0.4, 0.5) is 5.69 Å². The topological polar surface area (TPSA) is 44.4 Å². The van der Waals surface area contributed by atoms with Gasteiger partial charge in [-0.25, -0.2) is 0 Å². The molecular weight excluding hydrogens is 262 g/mol. The van der Waals surface area contributed by atoms with Crippen molar-refractivity contribution in [2.45, 2.75) is 33.2 Å². The predicted octanol–water partition coefficient (Wildman–Crippen LogP) is 2.15. The molecule has 4 heteroatoms. The van der Waals surface area contributed by atoms with E-state index >= 15 is 0 Å². The highest BCUT2D eigenvalue weighted by molar-refractivity contribution is 5.77. The molecule has 0 saturated carbocycles. The molecule has 0 unspecified atom stereocenters. The number of para-hydroxylation sites is 1. The molecule has 1 fully saturated rings. The number of hydrogen-bond donors (Lipinski definition) is 2. The molecule has 2 N–H and O–H groups in total. The quantitative estimate of drug-likeness (QED) is 0.756. The van der Waals surface area contributed by atoms with Crippen LogP contribution < -0.4 is 15.5 Å².